The van der Waals surface area contributed by atoms with Gasteiger partial charge in [0.15, 0.2) is 0 Å². The lowest BCUT2D eigenvalue weighted by Gasteiger charge is -2.29. The molecule has 6 rings (SSSR count). The second kappa shape index (κ2) is 20.8. The number of hydrogen-bond acceptors (Lipinski definition) is 3. The maximum Gasteiger partial charge on any atom is 0.0896 e. The Kier molecular flexibility index (Phi) is 15.4. The van der Waals surface area contributed by atoms with Gasteiger partial charge in [-0.15, -0.1) is 0 Å². The third-order valence-electron chi connectivity index (χ3n) is 11.9. The van der Waals surface area contributed by atoms with Gasteiger partial charge in [0.2, 0.25) is 0 Å². The quantitative estimate of drug-likeness (QED) is 0.0604. The van der Waals surface area contributed by atoms with Crippen molar-refractivity contribution in [2.45, 2.75) is 162 Å². The summed E-state index contributed by atoms with van der Waals surface area (Å²) in [5.74, 6) is 0. The van der Waals surface area contributed by atoms with Crippen LogP contribution in [0.25, 0.3) is 57.5 Å². The Morgan fingerprint density at radius 3 is 1.52 bits per heavy atom. The molecule has 3 N–H and O–H groups in total. The molecule has 298 valence electrons. The minimum atomic E-state index is -0.805. The monoisotopic (exact) mass is 753 g/mol. The highest BCUT2D eigenvalue weighted by molar-refractivity contribution is 5.91. The molecule has 5 heteroatoms. The number of aromatic nitrogens is 4. The van der Waals surface area contributed by atoms with Crippen LogP contribution in [0.3, 0.4) is 0 Å². The van der Waals surface area contributed by atoms with Crippen LogP contribution in [-0.2, 0) is 18.4 Å². The van der Waals surface area contributed by atoms with Crippen molar-refractivity contribution >= 4 is 46.4 Å². The van der Waals surface area contributed by atoms with Crippen LogP contribution in [0.2, 0.25) is 0 Å². The first-order valence-corrected chi connectivity index (χ1v) is 22.4. The van der Waals surface area contributed by atoms with Crippen molar-refractivity contribution in [2.24, 2.45) is 0 Å². The van der Waals surface area contributed by atoms with Gasteiger partial charge in [-0.25, -0.2) is 9.97 Å². The molecule has 56 heavy (non-hydrogen) atoms. The van der Waals surface area contributed by atoms with Crippen molar-refractivity contribution in [2.75, 3.05) is 0 Å². The van der Waals surface area contributed by atoms with Crippen molar-refractivity contribution in [3.8, 4) is 11.1 Å². The van der Waals surface area contributed by atoms with Gasteiger partial charge in [0.25, 0.3) is 0 Å². The van der Waals surface area contributed by atoms with E-state index in [4.69, 9.17) is 9.97 Å². The van der Waals surface area contributed by atoms with Gasteiger partial charge in [-0.1, -0.05) is 142 Å². The van der Waals surface area contributed by atoms with Gasteiger partial charge in [-0.3, -0.25) is 0 Å². The standard InChI is InChI=1S/C51H68N4O/c1-5-9-13-17-21-42-44-29-27-40(52-44)37-41-28-30-48(53-41)50(49-34-33-47(55-49)43(22-18-14-10-6-2)46-32-31-45(42)54-46)38-23-25-39(26-24-38)51(56,35-19-15-11-7-3)36-20-16-12-8-4/h23-34,37,52-53,56H,5-22,35-36H2,1-4H3. The van der Waals surface area contributed by atoms with Gasteiger partial charge in [0.1, 0.15) is 0 Å². The van der Waals surface area contributed by atoms with Gasteiger partial charge >= 0.3 is 0 Å². The average Bonchev–Trinajstić information content (AvgIpc) is 4.05. The molecule has 2 aliphatic rings. The fourth-order valence-corrected chi connectivity index (χ4v) is 8.59. The number of unbranched alkanes of at least 4 members (excludes halogenated alkanes) is 12. The molecular weight excluding hydrogens is 685 g/mol. The summed E-state index contributed by atoms with van der Waals surface area (Å²) in [4.78, 5) is 18.3. The first kappa shape index (κ1) is 41.4. The molecule has 2 aliphatic heterocycles. The summed E-state index contributed by atoms with van der Waals surface area (Å²) in [5.41, 5.74) is 13.3. The van der Waals surface area contributed by atoms with E-state index >= 15 is 0 Å². The Morgan fingerprint density at radius 2 is 0.946 bits per heavy atom. The summed E-state index contributed by atoms with van der Waals surface area (Å²) in [6, 6.07) is 19.7. The Morgan fingerprint density at radius 1 is 0.482 bits per heavy atom. The van der Waals surface area contributed by atoms with Crippen LogP contribution in [0.1, 0.15) is 183 Å². The number of fused-ring (bicyclic) bond motifs is 8. The number of aryl methyl sites for hydroxylation is 1. The van der Waals surface area contributed by atoms with Crippen LogP contribution >= 0.6 is 0 Å². The fraction of sp³-hybridized carbons (Fsp3) is 0.490. The number of benzene rings is 1. The van der Waals surface area contributed by atoms with Crippen LogP contribution in [0, 0.1) is 0 Å². The maximum absolute atomic E-state index is 12.2. The van der Waals surface area contributed by atoms with Crippen LogP contribution in [0.4, 0.5) is 0 Å². The molecule has 0 spiro atoms. The summed E-state index contributed by atoms with van der Waals surface area (Å²) < 4.78 is 0. The van der Waals surface area contributed by atoms with E-state index < -0.39 is 5.60 Å². The van der Waals surface area contributed by atoms with Crippen LogP contribution < -0.4 is 0 Å². The number of nitrogens with zero attached hydrogens (tertiary/aromatic N) is 2. The van der Waals surface area contributed by atoms with Crippen molar-refractivity contribution in [1.29, 1.82) is 0 Å². The molecule has 0 unspecified atom stereocenters. The predicted octanol–water partition coefficient (Wildman–Crippen LogP) is 14.7. The second-order valence-electron chi connectivity index (χ2n) is 16.4. The minimum absolute atomic E-state index is 0.805. The van der Waals surface area contributed by atoms with Gasteiger partial charge in [-0.2, -0.15) is 0 Å². The van der Waals surface area contributed by atoms with E-state index in [1.165, 1.54) is 88.2 Å². The Hall–Kier alpha value is -4.22. The largest absolute Gasteiger partial charge is 0.385 e. The molecule has 0 saturated carbocycles. The highest BCUT2D eigenvalue weighted by atomic mass is 16.3. The molecular formula is C51H68N4O. The number of aromatic amines is 2. The summed E-state index contributed by atoms with van der Waals surface area (Å²) in [5, 5.41) is 12.2. The van der Waals surface area contributed by atoms with Crippen molar-refractivity contribution < 1.29 is 5.11 Å². The van der Waals surface area contributed by atoms with Crippen LogP contribution in [0.5, 0.6) is 0 Å². The highest BCUT2D eigenvalue weighted by Gasteiger charge is 2.28. The average molecular weight is 753 g/mol. The molecule has 0 saturated heterocycles. The van der Waals surface area contributed by atoms with E-state index in [1.807, 2.05) is 0 Å². The van der Waals surface area contributed by atoms with E-state index in [9.17, 15) is 5.11 Å². The zero-order chi connectivity index (χ0) is 39.2. The van der Waals surface area contributed by atoms with Crippen molar-refractivity contribution in [1.82, 2.24) is 19.9 Å². The Labute approximate surface area is 337 Å². The first-order valence-electron chi connectivity index (χ1n) is 22.4. The van der Waals surface area contributed by atoms with E-state index in [-0.39, 0.29) is 0 Å². The lowest BCUT2D eigenvalue weighted by molar-refractivity contribution is 0.0133. The summed E-state index contributed by atoms with van der Waals surface area (Å²) in [6.45, 7) is 9.04. The molecule has 1 aromatic carbocycles. The molecule has 8 bridgehead atoms. The van der Waals surface area contributed by atoms with Crippen molar-refractivity contribution in [3.63, 3.8) is 0 Å². The second-order valence-corrected chi connectivity index (χ2v) is 16.4. The molecule has 5 heterocycles. The lowest BCUT2D eigenvalue weighted by atomic mass is 9.83. The zero-order valence-corrected chi connectivity index (χ0v) is 35.0. The number of nitrogens with one attached hydrogen (secondary N) is 2. The molecule has 0 amide bonds. The summed E-state index contributed by atoms with van der Waals surface area (Å²) in [6.07, 6.45) is 31.4. The lowest BCUT2D eigenvalue weighted by Crippen LogP contribution is -2.25. The maximum atomic E-state index is 12.2. The van der Waals surface area contributed by atoms with Gasteiger partial charge in [-0.05, 0) is 104 Å². The number of rotatable bonds is 22. The molecule has 0 atom stereocenters. The normalized spacial score (nSPS) is 12.6. The van der Waals surface area contributed by atoms with Gasteiger partial charge in [0, 0.05) is 38.8 Å². The van der Waals surface area contributed by atoms with Crippen LogP contribution in [-0.4, -0.2) is 25.0 Å². The summed E-state index contributed by atoms with van der Waals surface area (Å²) >= 11 is 0. The van der Waals surface area contributed by atoms with E-state index in [2.05, 4.69) is 117 Å². The zero-order valence-electron chi connectivity index (χ0n) is 35.0. The van der Waals surface area contributed by atoms with Gasteiger partial charge < -0.3 is 15.1 Å². The Bertz CT molecular complexity index is 2070. The molecule has 3 aromatic heterocycles. The van der Waals surface area contributed by atoms with Crippen LogP contribution in [0.15, 0.2) is 54.6 Å². The number of hydrogen-bond donors (Lipinski definition) is 3. The topological polar surface area (TPSA) is 77.6 Å². The molecule has 4 aromatic rings. The van der Waals surface area contributed by atoms with Gasteiger partial charge in [0.05, 0.1) is 28.4 Å². The SMILES string of the molecule is CCCCCCc1c2nc(c(CCCCCC)c3ccc(cc4ccc([nH]4)c(-c4ccc(C(O)(CCCCCC)CCCCCC)cc4)c4nc1C=C4)[nH]3)C=C2. The van der Waals surface area contributed by atoms with Crippen molar-refractivity contribution in [3.05, 3.63) is 94.1 Å². The molecule has 0 radical (unpaired) electrons. The molecule has 0 aliphatic carbocycles. The van der Waals surface area contributed by atoms with E-state index in [1.54, 1.807) is 0 Å². The Balaban J connectivity index is 1.49. The number of aliphatic hydroxyl groups is 1. The fourth-order valence-electron chi connectivity index (χ4n) is 8.59. The van der Waals surface area contributed by atoms with E-state index in [0.717, 1.165) is 113 Å². The first-order chi connectivity index (χ1) is 27.5. The number of H-pyrrole nitrogens is 2. The third-order valence-corrected chi connectivity index (χ3v) is 11.9. The predicted molar refractivity (Wildman–Crippen MR) is 241 cm³/mol. The third kappa shape index (κ3) is 10.6. The molecule has 5 nitrogen and oxygen atoms in total. The van der Waals surface area contributed by atoms with E-state index in [0.29, 0.717) is 0 Å². The minimum Gasteiger partial charge on any atom is -0.385 e. The summed E-state index contributed by atoms with van der Waals surface area (Å²) in [7, 11) is 0. The smallest absolute Gasteiger partial charge is 0.0896 e. The molecule has 0 fully saturated rings. The highest BCUT2D eigenvalue weighted by Crippen LogP contribution is 2.37.